The van der Waals surface area contributed by atoms with Crippen molar-refractivity contribution >= 4 is 28.5 Å². The third kappa shape index (κ3) is 3.34. The van der Waals surface area contributed by atoms with Crippen LogP contribution in [-0.2, 0) is 5.54 Å². The van der Waals surface area contributed by atoms with Crippen molar-refractivity contribution in [1.82, 2.24) is 4.98 Å². The van der Waals surface area contributed by atoms with Gasteiger partial charge >= 0.3 is 0 Å². The fraction of sp³-hybridized carbons (Fsp3) is 0.300. The molecule has 28 heavy (non-hydrogen) atoms. The molecule has 1 aromatic heterocycles. The fourth-order valence-electron chi connectivity index (χ4n) is 3.99. The zero-order valence-corrected chi connectivity index (χ0v) is 15.8. The maximum Gasteiger partial charge on any atom is 0.274 e. The van der Waals surface area contributed by atoms with E-state index in [1.54, 1.807) is 17.8 Å². The summed E-state index contributed by atoms with van der Waals surface area (Å²) >= 11 is 1.54. The number of nitrogens with one attached hydrogen (secondary N) is 1. The Morgan fingerprint density at radius 3 is 3.00 bits per heavy atom. The van der Waals surface area contributed by atoms with Gasteiger partial charge in [-0.15, -0.1) is 0 Å². The van der Waals surface area contributed by atoms with E-state index in [0.29, 0.717) is 22.3 Å². The number of nitriles is 1. The van der Waals surface area contributed by atoms with E-state index >= 15 is 0 Å². The fourth-order valence-corrected chi connectivity index (χ4v) is 5.03. The van der Waals surface area contributed by atoms with Crippen molar-refractivity contribution in [2.45, 2.75) is 24.8 Å². The van der Waals surface area contributed by atoms with Crippen molar-refractivity contribution in [2.24, 2.45) is 16.6 Å². The van der Waals surface area contributed by atoms with E-state index in [1.807, 2.05) is 6.07 Å². The molecule has 1 amide bonds. The number of nitrogens with two attached hydrogens (primary N) is 1. The van der Waals surface area contributed by atoms with Crippen molar-refractivity contribution in [3.8, 4) is 6.07 Å². The summed E-state index contributed by atoms with van der Waals surface area (Å²) in [6, 6.07) is 9.46. The van der Waals surface area contributed by atoms with Gasteiger partial charge in [0.2, 0.25) is 0 Å². The Bertz CT molecular complexity index is 1000. The van der Waals surface area contributed by atoms with Crippen LogP contribution in [0.1, 0.15) is 40.9 Å². The van der Waals surface area contributed by atoms with E-state index in [1.165, 1.54) is 30.5 Å². The molecule has 1 aliphatic heterocycles. The van der Waals surface area contributed by atoms with Crippen LogP contribution in [0.4, 0.5) is 10.1 Å². The molecule has 1 aliphatic carbocycles. The summed E-state index contributed by atoms with van der Waals surface area (Å²) in [5, 5.41) is 12.0. The number of hydrogen-bond donors (Lipinski definition) is 2. The number of hydrogen-bond acceptors (Lipinski definition) is 6. The van der Waals surface area contributed by atoms with Gasteiger partial charge in [0.25, 0.3) is 5.91 Å². The molecule has 3 N–H and O–H groups in total. The van der Waals surface area contributed by atoms with Crippen molar-refractivity contribution in [3.05, 3.63) is 59.2 Å². The van der Waals surface area contributed by atoms with Crippen LogP contribution in [0, 0.1) is 23.1 Å². The number of rotatable bonds is 3. The SMILES string of the molecule is N#Cc1ccc(C(=O)Nc2cc(F)cc(C34CCCC3CSC(N)=N4)c2)nc1. The number of pyridine rings is 1. The number of aromatic nitrogens is 1. The number of benzene rings is 1. The summed E-state index contributed by atoms with van der Waals surface area (Å²) < 4.78 is 14.4. The number of anilines is 1. The molecule has 2 atom stereocenters. The standard InChI is InChI=1S/C20H18FN5OS/c21-15-6-14(20-5-1-2-13(20)11-28-19(23)26-20)7-16(8-15)25-18(27)17-4-3-12(9-22)10-24-17/h3-4,6-8,10,13H,1-2,5,11H2,(H2,23,26)(H,25,27). The molecule has 6 nitrogen and oxygen atoms in total. The Morgan fingerprint density at radius 2 is 2.25 bits per heavy atom. The molecule has 142 valence electrons. The Labute approximate surface area is 166 Å². The van der Waals surface area contributed by atoms with E-state index in [2.05, 4.69) is 10.3 Å². The van der Waals surface area contributed by atoms with Gasteiger partial charge in [0.15, 0.2) is 5.17 Å². The Hall–Kier alpha value is -2.92. The average Bonchev–Trinajstić information content (AvgIpc) is 3.12. The first-order valence-corrected chi connectivity index (χ1v) is 9.95. The van der Waals surface area contributed by atoms with Gasteiger partial charge in [0.1, 0.15) is 17.6 Å². The van der Waals surface area contributed by atoms with Crippen LogP contribution in [0.5, 0.6) is 0 Å². The lowest BCUT2D eigenvalue weighted by Gasteiger charge is -2.36. The molecule has 1 fully saturated rings. The van der Waals surface area contributed by atoms with Gasteiger partial charge in [-0.25, -0.2) is 9.37 Å². The molecule has 4 rings (SSSR count). The first-order chi connectivity index (χ1) is 13.5. The van der Waals surface area contributed by atoms with Gasteiger partial charge in [0.05, 0.1) is 11.1 Å². The molecule has 2 aliphatic rings. The molecule has 1 saturated carbocycles. The highest BCUT2D eigenvalue weighted by molar-refractivity contribution is 8.13. The summed E-state index contributed by atoms with van der Waals surface area (Å²) in [6.45, 7) is 0. The summed E-state index contributed by atoms with van der Waals surface area (Å²) in [5.41, 5.74) is 7.06. The second-order valence-corrected chi connectivity index (χ2v) is 8.04. The van der Waals surface area contributed by atoms with E-state index < -0.39 is 17.3 Å². The first kappa shape index (κ1) is 18.4. The predicted molar refractivity (Wildman–Crippen MR) is 106 cm³/mol. The molecule has 8 heteroatoms. The largest absolute Gasteiger partial charge is 0.379 e. The molecule has 2 heterocycles. The zero-order valence-electron chi connectivity index (χ0n) is 15.0. The quantitative estimate of drug-likeness (QED) is 0.829. The molecule has 0 radical (unpaired) electrons. The van der Waals surface area contributed by atoms with E-state index in [4.69, 9.17) is 16.0 Å². The van der Waals surface area contributed by atoms with Crippen molar-refractivity contribution in [3.63, 3.8) is 0 Å². The smallest absolute Gasteiger partial charge is 0.274 e. The van der Waals surface area contributed by atoms with Gasteiger partial charge in [-0.1, -0.05) is 18.2 Å². The Kier molecular flexibility index (Phi) is 4.77. The molecule has 2 unspecified atom stereocenters. The highest BCUT2D eigenvalue weighted by atomic mass is 32.2. The Morgan fingerprint density at radius 1 is 1.39 bits per heavy atom. The van der Waals surface area contributed by atoms with Gasteiger partial charge in [-0.05, 0) is 54.7 Å². The van der Waals surface area contributed by atoms with E-state index in [9.17, 15) is 9.18 Å². The lowest BCUT2D eigenvalue weighted by atomic mass is 9.81. The van der Waals surface area contributed by atoms with Gasteiger partial charge in [-0.3, -0.25) is 9.79 Å². The summed E-state index contributed by atoms with van der Waals surface area (Å²) in [6.07, 6.45) is 4.17. The summed E-state index contributed by atoms with van der Waals surface area (Å²) in [7, 11) is 0. The van der Waals surface area contributed by atoms with Crippen LogP contribution in [0.25, 0.3) is 0 Å². The number of amidine groups is 1. The number of aliphatic imine (C=N–C) groups is 1. The average molecular weight is 395 g/mol. The molecule has 0 spiro atoms. The minimum Gasteiger partial charge on any atom is -0.379 e. The third-order valence-corrected chi connectivity index (χ3v) is 6.26. The number of carbonyl (C=O) groups is 1. The molecule has 0 saturated heterocycles. The maximum absolute atomic E-state index is 14.4. The second kappa shape index (κ2) is 7.24. The molecule has 2 aromatic rings. The first-order valence-electron chi connectivity index (χ1n) is 8.97. The number of nitrogens with zero attached hydrogens (tertiary/aromatic N) is 3. The van der Waals surface area contributed by atoms with Crippen LogP contribution < -0.4 is 11.1 Å². The number of amides is 1. The van der Waals surface area contributed by atoms with Gasteiger partial charge in [0, 0.05) is 17.6 Å². The normalized spacial score (nSPS) is 23.4. The molecular weight excluding hydrogens is 377 g/mol. The van der Waals surface area contributed by atoms with E-state index in [-0.39, 0.29) is 5.69 Å². The minimum atomic E-state index is -0.524. The van der Waals surface area contributed by atoms with Crippen molar-refractivity contribution in [1.29, 1.82) is 5.26 Å². The predicted octanol–water partition coefficient (Wildman–Crippen LogP) is 3.40. The van der Waals surface area contributed by atoms with Crippen LogP contribution in [0.2, 0.25) is 0 Å². The zero-order chi connectivity index (χ0) is 19.7. The van der Waals surface area contributed by atoms with Crippen molar-refractivity contribution < 1.29 is 9.18 Å². The third-order valence-electron chi connectivity index (χ3n) is 5.31. The second-order valence-electron chi connectivity index (χ2n) is 7.00. The van der Waals surface area contributed by atoms with Crippen molar-refractivity contribution in [2.75, 3.05) is 11.1 Å². The summed E-state index contributed by atoms with van der Waals surface area (Å²) in [4.78, 5) is 21.2. The highest BCUT2D eigenvalue weighted by Crippen LogP contribution is 2.51. The van der Waals surface area contributed by atoms with Gasteiger partial charge in [-0.2, -0.15) is 5.26 Å². The monoisotopic (exact) mass is 395 g/mol. The maximum atomic E-state index is 14.4. The number of carbonyl (C=O) groups excluding carboxylic acids is 1. The lowest BCUT2D eigenvalue weighted by molar-refractivity contribution is 0.102. The number of thioether (sulfide) groups is 1. The Balaban J connectivity index is 1.65. The van der Waals surface area contributed by atoms with Crippen LogP contribution >= 0.6 is 11.8 Å². The lowest BCUT2D eigenvalue weighted by Crippen LogP contribution is -2.36. The minimum absolute atomic E-state index is 0.151. The highest BCUT2D eigenvalue weighted by Gasteiger charge is 2.46. The number of halogens is 1. The van der Waals surface area contributed by atoms with Gasteiger partial charge < -0.3 is 11.1 Å². The van der Waals surface area contributed by atoms with Crippen LogP contribution in [0.3, 0.4) is 0 Å². The molecule has 1 aromatic carbocycles. The van der Waals surface area contributed by atoms with Crippen LogP contribution in [0.15, 0.2) is 41.5 Å². The molecular formula is C20H18FN5OS. The summed E-state index contributed by atoms with van der Waals surface area (Å²) in [5.74, 6) is 0.259. The molecule has 0 bridgehead atoms. The van der Waals surface area contributed by atoms with Crippen LogP contribution in [-0.4, -0.2) is 21.8 Å². The number of fused-ring (bicyclic) bond motifs is 1. The van der Waals surface area contributed by atoms with E-state index in [0.717, 1.165) is 30.6 Å². The topological polar surface area (TPSA) is 104 Å².